The van der Waals surface area contributed by atoms with E-state index in [1.165, 1.54) is 26.2 Å². The maximum absolute atomic E-state index is 12.0. The van der Waals surface area contributed by atoms with Crippen LogP contribution in [0.5, 0.6) is 0 Å². The van der Waals surface area contributed by atoms with E-state index in [2.05, 4.69) is 10.1 Å². The second kappa shape index (κ2) is 6.19. The number of nitrogens with zero attached hydrogens (tertiary/aromatic N) is 2. The number of carbonyl (C=O) groups is 3. The Balaban J connectivity index is 2.52. The summed E-state index contributed by atoms with van der Waals surface area (Å²) in [5.41, 5.74) is 0.836. The molecule has 118 valence electrons. The van der Waals surface area contributed by atoms with Crippen molar-refractivity contribution in [2.75, 3.05) is 7.11 Å². The van der Waals surface area contributed by atoms with Crippen LogP contribution in [-0.4, -0.2) is 35.2 Å². The molecule has 1 aliphatic rings. The number of hydrogen-bond donors (Lipinski definition) is 2. The average Bonchev–Trinajstić information content (AvgIpc) is 2.53. The average molecular weight is 315 g/mol. The molecule has 8 nitrogen and oxygen atoms in total. The fraction of sp³-hybridized carbons (Fsp3) is 0.200. The molecule has 1 atom stereocenters. The SMILES string of the molecule is COC(=O)c1cccc(C2NC(=O)N(C(=O)O)C(C)=C2C#N)c1. The quantitative estimate of drug-likeness (QED) is 0.806. The van der Waals surface area contributed by atoms with Crippen LogP contribution in [0.1, 0.15) is 28.9 Å². The molecular formula is C15H13N3O5. The van der Waals surface area contributed by atoms with Crippen LogP contribution in [0, 0.1) is 11.3 Å². The summed E-state index contributed by atoms with van der Waals surface area (Å²) in [6.45, 7) is 1.38. The van der Waals surface area contributed by atoms with Crippen LogP contribution in [0.3, 0.4) is 0 Å². The lowest BCUT2D eigenvalue weighted by molar-refractivity contribution is 0.0600. The first-order valence-electron chi connectivity index (χ1n) is 6.53. The van der Waals surface area contributed by atoms with E-state index in [9.17, 15) is 19.6 Å². The zero-order valence-electron chi connectivity index (χ0n) is 12.4. The van der Waals surface area contributed by atoms with Gasteiger partial charge in [-0.05, 0) is 24.6 Å². The van der Waals surface area contributed by atoms with Gasteiger partial charge < -0.3 is 15.2 Å². The van der Waals surface area contributed by atoms with E-state index < -0.39 is 24.1 Å². The van der Waals surface area contributed by atoms with E-state index in [1.54, 1.807) is 12.1 Å². The lowest BCUT2D eigenvalue weighted by atomic mass is 9.95. The molecular weight excluding hydrogens is 302 g/mol. The topological polar surface area (TPSA) is 120 Å². The molecule has 2 N–H and O–H groups in total. The number of methoxy groups -OCH3 is 1. The van der Waals surface area contributed by atoms with Gasteiger partial charge in [0.15, 0.2) is 0 Å². The van der Waals surface area contributed by atoms with Gasteiger partial charge >= 0.3 is 18.1 Å². The summed E-state index contributed by atoms with van der Waals surface area (Å²) in [6, 6.07) is 6.44. The van der Waals surface area contributed by atoms with Crippen LogP contribution in [0.2, 0.25) is 0 Å². The molecule has 1 aromatic rings. The summed E-state index contributed by atoms with van der Waals surface area (Å²) >= 11 is 0. The Morgan fingerprint density at radius 3 is 2.70 bits per heavy atom. The number of hydrogen-bond acceptors (Lipinski definition) is 5. The monoisotopic (exact) mass is 315 g/mol. The van der Waals surface area contributed by atoms with Crippen molar-refractivity contribution in [3.05, 3.63) is 46.7 Å². The Morgan fingerprint density at radius 2 is 2.13 bits per heavy atom. The van der Waals surface area contributed by atoms with Gasteiger partial charge in [0.1, 0.15) is 0 Å². The number of benzene rings is 1. The number of carboxylic acid groups (broad SMARTS) is 1. The highest BCUT2D eigenvalue weighted by Gasteiger charge is 2.35. The van der Waals surface area contributed by atoms with Gasteiger partial charge in [-0.25, -0.2) is 19.3 Å². The molecule has 2 rings (SSSR count). The van der Waals surface area contributed by atoms with Gasteiger partial charge in [0.2, 0.25) is 0 Å². The van der Waals surface area contributed by atoms with Gasteiger partial charge in [0.25, 0.3) is 0 Å². The van der Waals surface area contributed by atoms with Crippen molar-refractivity contribution in [2.24, 2.45) is 0 Å². The zero-order valence-corrected chi connectivity index (χ0v) is 12.4. The van der Waals surface area contributed by atoms with E-state index >= 15 is 0 Å². The minimum atomic E-state index is -1.48. The predicted molar refractivity (Wildman–Crippen MR) is 77.2 cm³/mol. The molecule has 1 aliphatic heterocycles. The third kappa shape index (κ3) is 2.85. The molecule has 8 heteroatoms. The van der Waals surface area contributed by atoms with Gasteiger partial charge in [-0.15, -0.1) is 0 Å². The summed E-state index contributed by atoms with van der Waals surface area (Å²) in [5, 5.41) is 20.8. The number of carbonyl (C=O) groups excluding carboxylic acids is 2. The smallest absolute Gasteiger partial charge is 0.419 e. The molecule has 1 unspecified atom stereocenters. The largest absolute Gasteiger partial charge is 0.465 e. The zero-order chi connectivity index (χ0) is 17.1. The summed E-state index contributed by atoms with van der Waals surface area (Å²) < 4.78 is 4.63. The minimum absolute atomic E-state index is 0.0252. The lowest BCUT2D eigenvalue weighted by Crippen LogP contribution is -2.48. The number of nitriles is 1. The lowest BCUT2D eigenvalue weighted by Gasteiger charge is -2.31. The van der Waals surface area contributed by atoms with Crippen LogP contribution < -0.4 is 5.32 Å². The van der Waals surface area contributed by atoms with E-state index in [-0.39, 0.29) is 16.8 Å². The van der Waals surface area contributed by atoms with Gasteiger partial charge in [0, 0.05) is 5.70 Å². The Bertz CT molecular complexity index is 763. The normalized spacial score (nSPS) is 17.3. The van der Waals surface area contributed by atoms with E-state index in [0.29, 0.717) is 10.5 Å². The number of urea groups is 1. The Morgan fingerprint density at radius 1 is 1.43 bits per heavy atom. The number of allylic oxidation sites excluding steroid dienone is 1. The fourth-order valence-corrected chi connectivity index (χ4v) is 2.33. The van der Waals surface area contributed by atoms with Crippen LogP contribution in [0.15, 0.2) is 35.5 Å². The van der Waals surface area contributed by atoms with Gasteiger partial charge in [-0.3, -0.25) is 0 Å². The molecule has 0 spiro atoms. The second-order valence-corrected chi connectivity index (χ2v) is 4.73. The van der Waals surface area contributed by atoms with Crippen LogP contribution >= 0.6 is 0 Å². The third-order valence-electron chi connectivity index (χ3n) is 3.44. The van der Waals surface area contributed by atoms with E-state index in [0.717, 1.165) is 0 Å². The molecule has 0 aliphatic carbocycles. The molecule has 0 saturated carbocycles. The van der Waals surface area contributed by atoms with Crippen molar-refractivity contribution in [3.8, 4) is 6.07 Å². The van der Waals surface area contributed by atoms with Crippen molar-refractivity contribution in [1.82, 2.24) is 10.2 Å². The number of nitrogens with one attached hydrogen (secondary N) is 1. The minimum Gasteiger partial charge on any atom is -0.465 e. The first kappa shape index (κ1) is 16.0. The summed E-state index contributed by atoms with van der Waals surface area (Å²) in [6.07, 6.45) is -1.48. The number of imide groups is 1. The van der Waals surface area contributed by atoms with Crippen molar-refractivity contribution >= 4 is 18.1 Å². The standard InChI is InChI=1S/C15H13N3O5/c1-8-11(7-16)12(17-14(20)18(8)15(21)22)9-4-3-5-10(6-9)13(19)23-2/h3-6,12H,1-2H3,(H,17,20)(H,21,22). The number of rotatable bonds is 2. The molecule has 1 heterocycles. The third-order valence-corrected chi connectivity index (χ3v) is 3.44. The van der Waals surface area contributed by atoms with E-state index in [4.69, 9.17) is 5.11 Å². The maximum Gasteiger partial charge on any atom is 0.419 e. The highest BCUT2D eigenvalue weighted by atomic mass is 16.5. The molecule has 0 aromatic heterocycles. The molecule has 23 heavy (non-hydrogen) atoms. The van der Waals surface area contributed by atoms with Crippen molar-refractivity contribution in [3.63, 3.8) is 0 Å². The molecule has 3 amide bonds. The first-order valence-corrected chi connectivity index (χ1v) is 6.53. The van der Waals surface area contributed by atoms with Crippen LogP contribution in [0.4, 0.5) is 9.59 Å². The molecule has 0 saturated heterocycles. The molecule has 0 fully saturated rings. The fourth-order valence-electron chi connectivity index (χ4n) is 2.33. The first-order chi connectivity index (χ1) is 10.9. The summed E-state index contributed by atoms with van der Waals surface area (Å²) in [7, 11) is 1.24. The molecule has 0 radical (unpaired) electrons. The van der Waals surface area contributed by atoms with E-state index in [1.807, 2.05) is 6.07 Å². The molecule has 0 bridgehead atoms. The van der Waals surface area contributed by atoms with Gasteiger partial charge in [-0.2, -0.15) is 5.26 Å². The highest BCUT2D eigenvalue weighted by Crippen LogP contribution is 2.30. The summed E-state index contributed by atoms with van der Waals surface area (Å²) in [4.78, 5) is 35.2. The second-order valence-electron chi connectivity index (χ2n) is 4.73. The summed E-state index contributed by atoms with van der Waals surface area (Å²) in [5.74, 6) is -0.555. The van der Waals surface area contributed by atoms with Gasteiger partial charge in [-0.1, -0.05) is 12.1 Å². The molecule has 1 aromatic carbocycles. The van der Waals surface area contributed by atoms with Crippen LogP contribution in [0.25, 0.3) is 0 Å². The predicted octanol–water partition coefficient (Wildman–Crippen LogP) is 2.02. The maximum atomic E-state index is 12.0. The number of ether oxygens (including phenoxy) is 1. The van der Waals surface area contributed by atoms with Crippen molar-refractivity contribution in [2.45, 2.75) is 13.0 Å². The van der Waals surface area contributed by atoms with Gasteiger partial charge in [0.05, 0.1) is 30.4 Å². The van der Waals surface area contributed by atoms with Crippen molar-refractivity contribution in [1.29, 1.82) is 5.26 Å². The van der Waals surface area contributed by atoms with Crippen LogP contribution in [-0.2, 0) is 4.74 Å². The Kier molecular flexibility index (Phi) is 4.32. The Labute approximate surface area is 131 Å². The number of esters is 1. The highest BCUT2D eigenvalue weighted by molar-refractivity contribution is 5.94. The van der Waals surface area contributed by atoms with Crippen molar-refractivity contribution < 1.29 is 24.2 Å². The number of amides is 3. The Hall–Kier alpha value is -3.34.